The number of nitrogen functional groups attached to an aromatic ring is 1. The molecule has 0 radical (unpaired) electrons. The quantitative estimate of drug-likeness (QED) is 0.824. The number of anilines is 1. The van der Waals surface area contributed by atoms with Gasteiger partial charge in [-0.3, -0.25) is 4.79 Å². The highest BCUT2D eigenvalue weighted by Crippen LogP contribution is 2.23. The van der Waals surface area contributed by atoms with E-state index in [0.717, 1.165) is 0 Å². The Morgan fingerprint density at radius 2 is 2.04 bits per heavy atom. The third kappa shape index (κ3) is 4.53. The van der Waals surface area contributed by atoms with Crippen molar-refractivity contribution in [3.63, 3.8) is 0 Å². The minimum atomic E-state index is -0.543. The van der Waals surface area contributed by atoms with Crippen LogP contribution in [0.5, 0.6) is 5.75 Å². The summed E-state index contributed by atoms with van der Waals surface area (Å²) in [5, 5.41) is 2.80. The summed E-state index contributed by atoms with van der Waals surface area (Å²) in [6.45, 7) is 6.46. The Morgan fingerprint density at radius 1 is 1.33 bits per heavy atom. The van der Waals surface area contributed by atoms with Crippen LogP contribution in [0.2, 0.25) is 0 Å². The van der Waals surface area contributed by atoms with E-state index in [1.165, 1.54) is 7.11 Å². The van der Waals surface area contributed by atoms with Crippen LogP contribution in [0.4, 0.5) is 10.5 Å². The van der Waals surface area contributed by atoms with Gasteiger partial charge in [0.25, 0.3) is 5.91 Å². The largest absolute Gasteiger partial charge is 0.495 e. The van der Waals surface area contributed by atoms with Gasteiger partial charge in [0.05, 0.1) is 18.8 Å². The van der Waals surface area contributed by atoms with E-state index in [2.05, 4.69) is 5.32 Å². The Kier molecular flexibility index (Phi) is 5.21. The van der Waals surface area contributed by atoms with E-state index in [9.17, 15) is 9.59 Å². The maximum Gasteiger partial charge on any atom is 0.407 e. The zero-order valence-corrected chi connectivity index (χ0v) is 14.6. The van der Waals surface area contributed by atoms with Gasteiger partial charge in [-0.15, -0.1) is 0 Å². The maximum absolute atomic E-state index is 12.5. The van der Waals surface area contributed by atoms with E-state index in [1.807, 2.05) is 20.8 Å². The van der Waals surface area contributed by atoms with Gasteiger partial charge in [-0.2, -0.15) is 0 Å². The number of hydrogen-bond donors (Lipinski definition) is 2. The van der Waals surface area contributed by atoms with E-state index in [0.29, 0.717) is 36.5 Å². The van der Waals surface area contributed by atoms with Crippen molar-refractivity contribution >= 4 is 17.7 Å². The summed E-state index contributed by atoms with van der Waals surface area (Å²) in [4.78, 5) is 26.1. The Morgan fingerprint density at radius 3 is 2.62 bits per heavy atom. The number of alkyl carbamates (subject to hydrolysis) is 1. The van der Waals surface area contributed by atoms with Crippen LogP contribution in [0.1, 0.15) is 37.6 Å². The molecule has 3 N–H and O–H groups in total. The van der Waals surface area contributed by atoms with Crippen molar-refractivity contribution in [1.29, 1.82) is 0 Å². The van der Waals surface area contributed by atoms with Gasteiger partial charge in [-0.1, -0.05) is 0 Å². The molecule has 0 spiro atoms. The number of nitrogens with one attached hydrogen (secondary N) is 1. The van der Waals surface area contributed by atoms with Crippen molar-refractivity contribution in [1.82, 2.24) is 10.2 Å². The monoisotopic (exact) mass is 335 g/mol. The molecule has 0 bridgehead atoms. The fraction of sp³-hybridized carbons (Fsp3) is 0.529. The van der Waals surface area contributed by atoms with Crippen LogP contribution >= 0.6 is 0 Å². The molecule has 1 aromatic rings. The number of benzene rings is 1. The molecule has 1 fully saturated rings. The summed E-state index contributed by atoms with van der Waals surface area (Å²) in [5.74, 6) is 0.426. The van der Waals surface area contributed by atoms with Crippen LogP contribution in [0.15, 0.2) is 18.2 Å². The summed E-state index contributed by atoms with van der Waals surface area (Å²) >= 11 is 0. The Balaban J connectivity index is 1.94. The van der Waals surface area contributed by atoms with Gasteiger partial charge in [0.1, 0.15) is 11.4 Å². The van der Waals surface area contributed by atoms with Crippen LogP contribution in [0, 0.1) is 0 Å². The molecule has 1 heterocycles. The van der Waals surface area contributed by atoms with E-state index < -0.39 is 11.7 Å². The van der Waals surface area contributed by atoms with Gasteiger partial charge in [-0.05, 0) is 45.4 Å². The van der Waals surface area contributed by atoms with Crippen LogP contribution in [0.25, 0.3) is 0 Å². The molecular formula is C17H25N3O4. The van der Waals surface area contributed by atoms with Crippen LogP contribution in [0.3, 0.4) is 0 Å². The number of nitrogens with zero attached hydrogens (tertiary/aromatic N) is 1. The predicted octanol–water partition coefficient (Wildman–Crippen LogP) is 2.02. The zero-order valence-electron chi connectivity index (χ0n) is 14.6. The summed E-state index contributed by atoms with van der Waals surface area (Å²) in [7, 11) is 1.53. The molecule has 1 aliphatic rings. The average Bonchev–Trinajstić information content (AvgIpc) is 2.92. The summed E-state index contributed by atoms with van der Waals surface area (Å²) in [6.07, 6.45) is 0.229. The lowest BCUT2D eigenvalue weighted by Gasteiger charge is -2.22. The highest BCUT2D eigenvalue weighted by molar-refractivity contribution is 5.95. The molecule has 1 saturated heterocycles. The van der Waals surface area contributed by atoms with Gasteiger partial charge in [0.2, 0.25) is 0 Å². The first-order valence-corrected chi connectivity index (χ1v) is 7.92. The molecule has 1 aliphatic heterocycles. The molecule has 2 amide bonds. The van der Waals surface area contributed by atoms with Gasteiger partial charge in [0, 0.05) is 18.7 Å². The van der Waals surface area contributed by atoms with E-state index in [-0.39, 0.29) is 11.9 Å². The minimum Gasteiger partial charge on any atom is -0.495 e. The van der Waals surface area contributed by atoms with Gasteiger partial charge < -0.3 is 25.4 Å². The Bertz CT molecular complexity index is 625. The molecule has 1 aromatic carbocycles. The smallest absolute Gasteiger partial charge is 0.407 e. The predicted molar refractivity (Wildman–Crippen MR) is 91.1 cm³/mol. The molecule has 2 rings (SSSR count). The Hall–Kier alpha value is -2.44. The van der Waals surface area contributed by atoms with Crippen molar-refractivity contribution in [3.05, 3.63) is 23.8 Å². The number of rotatable bonds is 3. The van der Waals surface area contributed by atoms with E-state index in [1.54, 1.807) is 23.1 Å². The molecule has 0 aromatic heterocycles. The molecule has 24 heavy (non-hydrogen) atoms. The van der Waals surface area contributed by atoms with E-state index >= 15 is 0 Å². The number of nitrogens with two attached hydrogens (primary N) is 1. The van der Waals surface area contributed by atoms with Gasteiger partial charge in [0.15, 0.2) is 0 Å². The van der Waals surface area contributed by atoms with Gasteiger partial charge in [-0.25, -0.2) is 4.79 Å². The molecule has 7 heteroatoms. The Labute approximate surface area is 142 Å². The second kappa shape index (κ2) is 6.98. The summed E-state index contributed by atoms with van der Waals surface area (Å²) < 4.78 is 10.3. The first-order chi connectivity index (χ1) is 11.2. The number of amides is 2. The van der Waals surface area contributed by atoms with Crippen LogP contribution < -0.4 is 15.8 Å². The topological polar surface area (TPSA) is 93.9 Å². The maximum atomic E-state index is 12.5. The highest BCUT2D eigenvalue weighted by Gasteiger charge is 2.29. The lowest BCUT2D eigenvalue weighted by atomic mass is 10.1. The van der Waals surface area contributed by atoms with E-state index in [4.69, 9.17) is 15.2 Å². The lowest BCUT2D eigenvalue weighted by molar-refractivity contribution is 0.0502. The number of carbonyl (C=O) groups is 2. The molecule has 132 valence electrons. The molecule has 7 nitrogen and oxygen atoms in total. The van der Waals surface area contributed by atoms with Crippen molar-refractivity contribution in [2.45, 2.75) is 38.8 Å². The number of methoxy groups -OCH3 is 1. The highest BCUT2D eigenvalue weighted by atomic mass is 16.6. The molecule has 0 saturated carbocycles. The number of carbonyl (C=O) groups excluding carboxylic acids is 2. The van der Waals surface area contributed by atoms with Crippen molar-refractivity contribution in [2.75, 3.05) is 25.9 Å². The standard InChI is InChI=1S/C17H25N3O4/c1-17(2,3)24-16(22)19-12-7-8-20(10-12)15(21)11-5-6-14(23-4)13(18)9-11/h5-6,9,12H,7-8,10,18H2,1-4H3,(H,19,22). The molecule has 0 aliphatic carbocycles. The fourth-order valence-electron chi connectivity index (χ4n) is 2.59. The normalized spacial score (nSPS) is 17.5. The van der Waals surface area contributed by atoms with Crippen LogP contribution in [-0.4, -0.2) is 48.7 Å². The zero-order chi connectivity index (χ0) is 17.9. The number of ether oxygens (including phenoxy) is 2. The second-order valence-electron chi connectivity index (χ2n) is 6.84. The summed E-state index contributed by atoms with van der Waals surface area (Å²) in [6, 6.07) is 4.86. The minimum absolute atomic E-state index is 0.112. The fourth-order valence-corrected chi connectivity index (χ4v) is 2.59. The number of likely N-dealkylation sites (tertiary alicyclic amines) is 1. The summed E-state index contributed by atoms with van der Waals surface area (Å²) in [5.41, 5.74) is 6.24. The molecule has 1 unspecified atom stereocenters. The van der Waals surface area contributed by atoms with Crippen molar-refractivity contribution < 1.29 is 19.1 Å². The lowest BCUT2D eigenvalue weighted by Crippen LogP contribution is -2.41. The number of hydrogen-bond acceptors (Lipinski definition) is 5. The SMILES string of the molecule is COc1ccc(C(=O)N2CCC(NC(=O)OC(C)(C)C)C2)cc1N. The third-order valence-electron chi connectivity index (χ3n) is 3.67. The second-order valence-corrected chi connectivity index (χ2v) is 6.84. The average molecular weight is 335 g/mol. The first kappa shape index (κ1) is 17.9. The molecular weight excluding hydrogens is 310 g/mol. The van der Waals surface area contributed by atoms with Gasteiger partial charge >= 0.3 is 6.09 Å². The van der Waals surface area contributed by atoms with Crippen molar-refractivity contribution in [2.24, 2.45) is 0 Å². The molecule has 1 atom stereocenters. The third-order valence-corrected chi connectivity index (χ3v) is 3.67. The first-order valence-electron chi connectivity index (χ1n) is 7.92. The van der Waals surface area contributed by atoms with Crippen molar-refractivity contribution in [3.8, 4) is 5.75 Å². The van der Waals surface area contributed by atoms with Crippen LogP contribution in [-0.2, 0) is 4.74 Å².